The van der Waals surface area contributed by atoms with Crippen molar-refractivity contribution < 1.29 is 14.3 Å². The van der Waals surface area contributed by atoms with Crippen molar-refractivity contribution in [1.82, 2.24) is 14.7 Å². The largest absolute Gasteiger partial charge is 0.497 e. The Kier molecular flexibility index (Phi) is 7.96. The Hall–Kier alpha value is -3.06. The molecule has 2 aliphatic heterocycles. The van der Waals surface area contributed by atoms with Crippen LogP contribution < -0.4 is 9.64 Å². The number of hydrogen-bond acceptors (Lipinski definition) is 5. The lowest BCUT2D eigenvalue weighted by Gasteiger charge is -2.36. The molecule has 0 atom stereocenters. The van der Waals surface area contributed by atoms with Crippen LogP contribution in [0.5, 0.6) is 5.75 Å². The number of methoxy groups -OCH3 is 1. The minimum Gasteiger partial charge on any atom is -0.497 e. The van der Waals surface area contributed by atoms with Crippen molar-refractivity contribution in [1.29, 1.82) is 0 Å². The molecular formula is C28H38N4O3. The third kappa shape index (κ3) is 5.78. The number of amides is 3. The van der Waals surface area contributed by atoms with Crippen LogP contribution in [0.1, 0.15) is 38.7 Å². The highest BCUT2D eigenvalue weighted by Gasteiger charge is 2.50. The quantitative estimate of drug-likeness (QED) is 0.378. The smallest absolute Gasteiger partial charge is 0.327 e. The summed E-state index contributed by atoms with van der Waals surface area (Å²) in [4.78, 5) is 34.1. The molecule has 35 heavy (non-hydrogen) atoms. The number of imide groups is 1. The van der Waals surface area contributed by atoms with Crippen LogP contribution in [0.4, 0.5) is 10.5 Å². The first-order valence-corrected chi connectivity index (χ1v) is 12.7. The Morgan fingerprint density at radius 2 is 1.57 bits per heavy atom. The van der Waals surface area contributed by atoms with E-state index in [0.29, 0.717) is 13.1 Å². The zero-order valence-corrected chi connectivity index (χ0v) is 21.3. The second kappa shape index (κ2) is 11.1. The highest BCUT2D eigenvalue weighted by atomic mass is 16.5. The van der Waals surface area contributed by atoms with Gasteiger partial charge in [-0.25, -0.2) is 4.79 Å². The van der Waals surface area contributed by atoms with Gasteiger partial charge in [-0.3, -0.25) is 14.6 Å². The fourth-order valence-electron chi connectivity index (χ4n) is 5.02. The van der Waals surface area contributed by atoms with E-state index in [2.05, 4.69) is 21.9 Å². The van der Waals surface area contributed by atoms with Gasteiger partial charge >= 0.3 is 6.03 Å². The van der Waals surface area contributed by atoms with Crippen molar-refractivity contribution in [3.05, 3.63) is 60.2 Å². The Morgan fingerprint density at radius 1 is 0.857 bits per heavy atom. The number of carbonyl (C=O) groups excluding carboxylic acids is 2. The van der Waals surface area contributed by atoms with Crippen molar-refractivity contribution >= 4 is 17.6 Å². The summed E-state index contributed by atoms with van der Waals surface area (Å²) in [5, 5.41) is 0. The van der Waals surface area contributed by atoms with Gasteiger partial charge in [0, 0.05) is 44.5 Å². The normalized spacial score (nSPS) is 18.4. The number of unbranched alkanes of at least 4 members (excludes halogenated alkanes) is 2. The third-order valence-corrected chi connectivity index (χ3v) is 7.24. The van der Waals surface area contributed by atoms with E-state index >= 15 is 0 Å². The van der Waals surface area contributed by atoms with Gasteiger partial charge in [0.25, 0.3) is 5.91 Å². The summed E-state index contributed by atoms with van der Waals surface area (Å²) in [5.74, 6) is 0.787. The summed E-state index contributed by atoms with van der Waals surface area (Å²) in [7, 11) is 1.70. The molecule has 2 saturated heterocycles. The number of urea groups is 1. The van der Waals surface area contributed by atoms with Crippen LogP contribution in [0.2, 0.25) is 0 Å². The van der Waals surface area contributed by atoms with E-state index in [0.717, 1.165) is 63.3 Å². The molecule has 0 aliphatic carbocycles. The van der Waals surface area contributed by atoms with Crippen LogP contribution >= 0.6 is 0 Å². The molecule has 3 amide bonds. The SMILES string of the molecule is COc1cccc(N2CCN(CCCCCN3C(=O)N(Cc4ccccc4)C(=O)C3(C)C)CC2)c1. The number of hydrogen-bond donors (Lipinski definition) is 0. The van der Waals surface area contributed by atoms with Gasteiger partial charge in [-0.15, -0.1) is 0 Å². The van der Waals surface area contributed by atoms with E-state index in [1.807, 2.05) is 56.3 Å². The molecule has 0 radical (unpaired) electrons. The molecule has 7 nitrogen and oxygen atoms in total. The highest BCUT2D eigenvalue weighted by Crippen LogP contribution is 2.29. The predicted octanol–water partition coefficient (Wildman–Crippen LogP) is 4.23. The molecule has 4 rings (SSSR count). The van der Waals surface area contributed by atoms with Crippen LogP contribution in [0.3, 0.4) is 0 Å². The number of nitrogens with zero attached hydrogens (tertiary/aromatic N) is 4. The van der Waals surface area contributed by atoms with Gasteiger partial charge in [0.15, 0.2) is 0 Å². The molecule has 7 heteroatoms. The molecule has 2 heterocycles. The van der Waals surface area contributed by atoms with Gasteiger partial charge in [-0.2, -0.15) is 0 Å². The van der Waals surface area contributed by atoms with Gasteiger partial charge in [-0.1, -0.05) is 42.8 Å². The molecular weight excluding hydrogens is 440 g/mol. The second-order valence-electron chi connectivity index (χ2n) is 9.96. The number of carbonyl (C=O) groups is 2. The lowest BCUT2D eigenvalue weighted by Crippen LogP contribution is -2.46. The van der Waals surface area contributed by atoms with E-state index in [9.17, 15) is 9.59 Å². The first-order valence-electron chi connectivity index (χ1n) is 12.7. The minimum atomic E-state index is -0.789. The third-order valence-electron chi connectivity index (χ3n) is 7.24. The molecule has 0 aromatic heterocycles. The summed E-state index contributed by atoms with van der Waals surface area (Å²) in [6.45, 7) is 9.89. The summed E-state index contributed by atoms with van der Waals surface area (Å²) >= 11 is 0. The van der Waals surface area contributed by atoms with Crippen LogP contribution in [0.25, 0.3) is 0 Å². The first-order chi connectivity index (χ1) is 16.9. The molecule has 188 valence electrons. The maximum absolute atomic E-state index is 13.0. The first kappa shape index (κ1) is 25.0. The summed E-state index contributed by atoms with van der Waals surface area (Å²) in [5.41, 5.74) is 1.40. The van der Waals surface area contributed by atoms with E-state index in [1.54, 1.807) is 12.0 Å². The Labute approximate surface area is 209 Å². The van der Waals surface area contributed by atoms with Gasteiger partial charge in [0.1, 0.15) is 11.3 Å². The van der Waals surface area contributed by atoms with E-state index in [-0.39, 0.29) is 11.9 Å². The van der Waals surface area contributed by atoms with Crippen molar-refractivity contribution in [2.75, 3.05) is 51.3 Å². The minimum absolute atomic E-state index is 0.111. The fourth-order valence-corrected chi connectivity index (χ4v) is 5.02. The predicted molar refractivity (Wildman–Crippen MR) is 139 cm³/mol. The molecule has 0 bridgehead atoms. The molecule has 2 aromatic rings. The number of benzene rings is 2. The van der Waals surface area contributed by atoms with E-state index in [4.69, 9.17) is 4.74 Å². The summed E-state index contributed by atoms with van der Waals surface area (Å²) in [6, 6.07) is 17.8. The van der Waals surface area contributed by atoms with Crippen molar-refractivity contribution in [3.8, 4) is 5.75 Å². The van der Waals surface area contributed by atoms with E-state index in [1.165, 1.54) is 10.6 Å². The molecule has 2 aliphatic rings. The number of rotatable bonds is 10. The average Bonchev–Trinajstić information content (AvgIpc) is 3.04. The monoisotopic (exact) mass is 478 g/mol. The molecule has 0 spiro atoms. The highest BCUT2D eigenvalue weighted by molar-refractivity contribution is 6.06. The van der Waals surface area contributed by atoms with Gasteiger partial charge in [-0.05, 0) is 50.9 Å². The van der Waals surface area contributed by atoms with Gasteiger partial charge in [0.2, 0.25) is 0 Å². The van der Waals surface area contributed by atoms with Crippen LogP contribution in [-0.4, -0.2) is 78.6 Å². The van der Waals surface area contributed by atoms with Crippen LogP contribution in [0, 0.1) is 0 Å². The standard InChI is InChI=1S/C28H38N4O3/c1-28(2)26(33)31(22-23-11-6-4-7-12-23)27(34)32(28)16-9-5-8-15-29-17-19-30(20-18-29)24-13-10-14-25(21-24)35-3/h4,6-7,10-14,21H,5,8-9,15-20,22H2,1-3H3. The summed E-state index contributed by atoms with van der Waals surface area (Å²) < 4.78 is 5.35. The molecule has 2 fully saturated rings. The lowest BCUT2D eigenvalue weighted by atomic mass is 10.0. The average molecular weight is 479 g/mol. The van der Waals surface area contributed by atoms with Crippen molar-refractivity contribution in [2.45, 2.75) is 45.2 Å². The van der Waals surface area contributed by atoms with Crippen LogP contribution in [-0.2, 0) is 11.3 Å². The molecule has 0 N–H and O–H groups in total. The Balaban J connectivity index is 1.18. The van der Waals surface area contributed by atoms with Gasteiger partial charge in [0.05, 0.1) is 13.7 Å². The van der Waals surface area contributed by atoms with E-state index < -0.39 is 5.54 Å². The number of piperazine rings is 1. The summed E-state index contributed by atoms with van der Waals surface area (Å²) in [6.07, 6.45) is 3.05. The zero-order chi connectivity index (χ0) is 24.8. The van der Waals surface area contributed by atoms with Crippen molar-refractivity contribution in [2.24, 2.45) is 0 Å². The fraction of sp³-hybridized carbons (Fsp3) is 0.500. The Morgan fingerprint density at radius 3 is 2.29 bits per heavy atom. The lowest BCUT2D eigenvalue weighted by molar-refractivity contribution is -0.132. The van der Waals surface area contributed by atoms with Crippen LogP contribution in [0.15, 0.2) is 54.6 Å². The van der Waals surface area contributed by atoms with Gasteiger partial charge < -0.3 is 14.5 Å². The maximum atomic E-state index is 13.0. The second-order valence-corrected chi connectivity index (χ2v) is 9.96. The number of ether oxygens (including phenoxy) is 1. The van der Waals surface area contributed by atoms with Crippen molar-refractivity contribution in [3.63, 3.8) is 0 Å². The molecule has 2 aromatic carbocycles. The zero-order valence-electron chi connectivity index (χ0n) is 21.3. The Bertz CT molecular complexity index is 1000. The topological polar surface area (TPSA) is 56.3 Å². The maximum Gasteiger partial charge on any atom is 0.327 e. The molecule has 0 unspecified atom stereocenters. The number of anilines is 1. The molecule has 0 saturated carbocycles.